The van der Waals surface area contributed by atoms with Gasteiger partial charge < -0.3 is 15.4 Å². The minimum atomic E-state index is 0.173. The van der Waals surface area contributed by atoms with Gasteiger partial charge in [-0.2, -0.15) is 0 Å². The largest absolute Gasteiger partial charge is 0.392 e. The predicted molar refractivity (Wildman–Crippen MR) is 78.0 cm³/mol. The van der Waals surface area contributed by atoms with Gasteiger partial charge in [-0.1, -0.05) is 25.1 Å². The van der Waals surface area contributed by atoms with Gasteiger partial charge in [-0.05, 0) is 12.8 Å². The summed E-state index contributed by atoms with van der Waals surface area (Å²) in [7, 11) is 0. The SMILES string of the molecule is NC(=S)CN(CC(=O)N1CCOCC1)C1CCCC1. The van der Waals surface area contributed by atoms with Crippen LogP contribution in [-0.4, -0.2) is 66.1 Å². The van der Waals surface area contributed by atoms with Crippen LogP contribution < -0.4 is 5.73 Å². The number of thiocarbonyl (C=S) groups is 1. The van der Waals surface area contributed by atoms with Crippen molar-refractivity contribution in [2.75, 3.05) is 39.4 Å². The summed E-state index contributed by atoms with van der Waals surface area (Å²) in [4.78, 5) is 16.8. The number of amides is 1. The monoisotopic (exact) mass is 285 g/mol. The molecule has 2 fully saturated rings. The van der Waals surface area contributed by atoms with Gasteiger partial charge >= 0.3 is 0 Å². The van der Waals surface area contributed by atoms with E-state index in [0.29, 0.717) is 50.4 Å². The third-order valence-corrected chi connectivity index (χ3v) is 4.03. The summed E-state index contributed by atoms with van der Waals surface area (Å²) >= 11 is 5.01. The molecule has 1 saturated heterocycles. The molecule has 108 valence electrons. The van der Waals surface area contributed by atoms with Crippen LogP contribution in [0.3, 0.4) is 0 Å². The molecule has 0 aromatic heterocycles. The van der Waals surface area contributed by atoms with Crippen LogP contribution in [0.1, 0.15) is 25.7 Å². The van der Waals surface area contributed by atoms with E-state index in [-0.39, 0.29) is 5.91 Å². The maximum absolute atomic E-state index is 12.3. The highest BCUT2D eigenvalue weighted by atomic mass is 32.1. The quantitative estimate of drug-likeness (QED) is 0.740. The molecule has 0 aromatic carbocycles. The second-order valence-electron chi connectivity index (χ2n) is 5.30. The van der Waals surface area contributed by atoms with E-state index in [0.717, 1.165) is 12.8 Å². The first-order valence-electron chi connectivity index (χ1n) is 7.04. The van der Waals surface area contributed by atoms with Gasteiger partial charge in [-0.25, -0.2) is 0 Å². The summed E-state index contributed by atoms with van der Waals surface area (Å²) in [5.74, 6) is 0.173. The molecule has 1 aliphatic heterocycles. The fourth-order valence-corrected chi connectivity index (χ4v) is 3.04. The Morgan fingerprint density at radius 2 is 1.89 bits per heavy atom. The zero-order valence-corrected chi connectivity index (χ0v) is 12.2. The Morgan fingerprint density at radius 3 is 2.47 bits per heavy atom. The Hall–Kier alpha value is -0.720. The number of nitrogens with zero attached hydrogens (tertiary/aromatic N) is 2. The van der Waals surface area contributed by atoms with E-state index in [2.05, 4.69) is 4.90 Å². The highest BCUT2D eigenvalue weighted by Crippen LogP contribution is 2.23. The highest BCUT2D eigenvalue weighted by molar-refractivity contribution is 7.80. The van der Waals surface area contributed by atoms with Crippen molar-refractivity contribution >= 4 is 23.1 Å². The van der Waals surface area contributed by atoms with Crippen LogP contribution in [-0.2, 0) is 9.53 Å². The minimum Gasteiger partial charge on any atom is -0.392 e. The Balaban J connectivity index is 1.90. The lowest BCUT2D eigenvalue weighted by Gasteiger charge is -2.32. The normalized spacial score (nSPS) is 21.0. The molecule has 5 nitrogen and oxygen atoms in total. The van der Waals surface area contributed by atoms with Crippen molar-refractivity contribution in [2.24, 2.45) is 5.73 Å². The van der Waals surface area contributed by atoms with Crippen molar-refractivity contribution in [3.8, 4) is 0 Å². The van der Waals surface area contributed by atoms with Crippen molar-refractivity contribution in [1.29, 1.82) is 0 Å². The molecule has 1 aliphatic carbocycles. The molecule has 0 unspecified atom stereocenters. The standard InChI is InChI=1S/C13H23N3O2S/c14-12(19)9-16(11-3-1-2-4-11)10-13(17)15-5-7-18-8-6-15/h11H,1-10H2,(H2,14,19). The fraction of sp³-hybridized carbons (Fsp3) is 0.846. The van der Waals surface area contributed by atoms with Gasteiger partial charge in [0.2, 0.25) is 5.91 Å². The summed E-state index contributed by atoms with van der Waals surface area (Å²) in [6, 6.07) is 0.464. The Kier molecular flexibility index (Phi) is 5.54. The van der Waals surface area contributed by atoms with Crippen LogP contribution in [0.4, 0.5) is 0 Å². The lowest BCUT2D eigenvalue weighted by Crippen LogP contribution is -2.49. The topological polar surface area (TPSA) is 58.8 Å². The first-order chi connectivity index (χ1) is 9.16. The van der Waals surface area contributed by atoms with Crippen LogP contribution in [0.25, 0.3) is 0 Å². The molecule has 0 atom stereocenters. The number of nitrogens with two attached hydrogens (primary N) is 1. The Morgan fingerprint density at radius 1 is 1.26 bits per heavy atom. The van der Waals surface area contributed by atoms with E-state index >= 15 is 0 Å². The van der Waals surface area contributed by atoms with Crippen molar-refractivity contribution in [3.63, 3.8) is 0 Å². The summed E-state index contributed by atoms with van der Waals surface area (Å²) < 4.78 is 5.27. The van der Waals surface area contributed by atoms with Gasteiger partial charge in [-0.15, -0.1) is 0 Å². The van der Waals surface area contributed by atoms with Gasteiger partial charge in [0, 0.05) is 25.7 Å². The number of hydrogen-bond donors (Lipinski definition) is 1. The number of carbonyl (C=O) groups is 1. The predicted octanol–water partition coefficient (Wildman–Crippen LogP) is 0.376. The molecule has 0 radical (unpaired) electrons. The van der Waals surface area contributed by atoms with Gasteiger partial charge in [0.1, 0.15) is 0 Å². The first-order valence-corrected chi connectivity index (χ1v) is 7.45. The Labute approximate surface area is 120 Å². The lowest BCUT2D eigenvalue weighted by atomic mass is 10.2. The summed E-state index contributed by atoms with van der Waals surface area (Å²) in [6.07, 6.45) is 4.78. The number of hydrogen-bond acceptors (Lipinski definition) is 4. The Bertz CT molecular complexity index is 326. The van der Waals surface area contributed by atoms with Crippen LogP contribution in [0, 0.1) is 0 Å². The minimum absolute atomic E-state index is 0.173. The zero-order chi connectivity index (χ0) is 13.7. The third-order valence-electron chi connectivity index (χ3n) is 3.90. The van der Waals surface area contributed by atoms with Crippen LogP contribution in [0.5, 0.6) is 0 Å². The molecule has 0 bridgehead atoms. The third kappa shape index (κ3) is 4.40. The molecule has 2 rings (SSSR count). The lowest BCUT2D eigenvalue weighted by molar-refractivity contribution is -0.136. The molecule has 2 aliphatic rings. The maximum Gasteiger partial charge on any atom is 0.236 e. The molecule has 0 spiro atoms. The van der Waals surface area contributed by atoms with E-state index in [1.807, 2.05) is 4.90 Å². The van der Waals surface area contributed by atoms with E-state index in [1.165, 1.54) is 12.8 Å². The number of ether oxygens (including phenoxy) is 1. The van der Waals surface area contributed by atoms with Gasteiger partial charge in [0.15, 0.2) is 0 Å². The van der Waals surface area contributed by atoms with Crippen molar-refractivity contribution in [3.05, 3.63) is 0 Å². The molecule has 1 heterocycles. The average molecular weight is 285 g/mol. The molecule has 2 N–H and O–H groups in total. The molecular formula is C13H23N3O2S. The first kappa shape index (κ1) is 14.7. The van der Waals surface area contributed by atoms with Crippen LogP contribution >= 0.6 is 12.2 Å². The fourth-order valence-electron chi connectivity index (χ4n) is 2.87. The second kappa shape index (κ2) is 7.17. The van der Waals surface area contributed by atoms with Gasteiger partial charge in [0.25, 0.3) is 0 Å². The zero-order valence-electron chi connectivity index (χ0n) is 11.3. The van der Waals surface area contributed by atoms with E-state index in [4.69, 9.17) is 22.7 Å². The van der Waals surface area contributed by atoms with Crippen molar-refractivity contribution in [1.82, 2.24) is 9.80 Å². The molecule has 1 saturated carbocycles. The second-order valence-corrected chi connectivity index (χ2v) is 5.83. The summed E-state index contributed by atoms with van der Waals surface area (Å²) in [5, 5.41) is 0. The van der Waals surface area contributed by atoms with E-state index < -0.39 is 0 Å². The van der Waals surface area contributed by atoms with Gasteiger partial charge in [0.05, 0.1) is 24.7 Å². The molecule has 19 heavy (non-hydrogen) atoms. The highest BCUT2D eigenvalue weighted by Gasteiger charge is 2.27. The molecular weight excluding hydrogens is 262 g/mol. The molecule has 6 heteroatoms. The van der Waals surface area contributed by atoms with Gasteiger partial charge in [-0.3, -0.25) is 9.69 Å². The summed E-state index contributed by atoms with van der Waals surface area (Å²) in [5.41, 5.74) is 5.66. The van der Waals surface area contributed by atoms with Crippen molar-refractivity contribution in [2.45, 2.75) is 31.7 Å². The van der Waals surface area contributed by atoms with Crippen LogP contribution in [0.2, 0.25) is 0 Å². The number of carbonyl (C=O) groups excluding carboxylic acids is 1. The van der Waals surface area contributed by atoms with E-state index in [1.54, 1.807) is 0 Å². The van der Waals surface area contributed by atoms with Crippen LogP contribution in [0.15, 0.2) is 0 Å². The van der Waals surface area contributed by atoms with Crippen molar-refractivity contribution < 1.29 is 9.53 Å². The molecule has 1 amide bonds. The maximum atomic E-state index is 12.3. The molecule has 0 aromatic rings. The smallest absolute Gasteiger partial charge is 0.236 e. The number of rotatable bonds is 5. The number of morpholine rings is 1. The average Bonchev–Trinajstić information content (AvgIpc) is 2.92. The summed E-state index contributed by atoms with van der Waals surface area (Å²) in [6.45, 7) is 3.67. The van der Waals surface area contributed by atoms with E-state index in [9.17, 15) is 4.79 Å².